The smallest absolute Gasteiger partial charge is 0.247 e. The summed E-state index contributed by atoms with van der Waals surface area (Å²) in [5.74, 6) is 1.30. The first-order chi connectivity index (χ1) is 13.0. The highest BCUT2D eigenvalue weighted by Gasteiger charge is 2.32. The molecule has 0 N–H and O–H groups in total. The highest BCUT2D eigenvalue weighted by Crippen LogP contribution is 2.31. The Kier molecular flexibility index (Phi) is 5.48. The predicted molar refractivity (Wildman–Crippen MR) is 99.5 cm³/mol. The number of nitriles is 1. The lowest BCUT2D eigenvalue weighted by atomic mass is 10.2. The summed E-state index contributed by atoms with van der Waals surface area (Å²) in [6, 6.07) is 10.2. The minimum Gasteiger partial charge on any atom is -0.497 e. The fraction of sp³-hybridized carbons (Fsp3) is 0.333. The van der Waals surface area contributed by atoms with Gasteiger partial charge in [-0.15, -0.1) is 0 Å². The molecule has 0 unspecified atom stereocenters. The molecule has 1 aromatic carbocycles. The van der Waals surface area contributed by atoms with Crippen LogP contribution in [0.3, 0.4) is 0 Å². The van der Waals surface area contributed by atoms with Crippen LogP contribution in [0.15, 0.2) is 41.4 Å². The van der Waals surface area contributed by atoms with E-state index in [9.17, 15) is 13.7 Å². The fourth-order valence-electron chi connectivity index (χ4n) is 3.00. The van der Waals surface area contributed by atoms with Gasteiger partial charge in [0.1, 0.15) is 28.3 Å². The van der Waals surface area contributed by atoms with Crippen molar-refractivity contribution < 1.29 is 17.9 Å². The summed E-state index contributed by atoms with van der Waals surface area (Å²) < 4.78 is 38.0. The molecule has 0 amide bonds. The van der Waals surface area contributed by atoms with Crippen LogP contribution >= 0.6 is 0 Å². The summed E-state index contributed by atoms with van der Waals surface area (Å²) in [7, 11) is -0.826. The first-order valence-corrected chi connectivity index (χ1v) is 9.77. The Morgan fingerprint density at radius 2 is 1.85 bits per heavy atom. The van der Waals surface area contributed by atoms with Crippen LogP contribution in [-0.2, 0) is 10.0 Å². The third-order valence-corrected chi connectivity index (χ3v) is 6.35. The molecule has 142 valence electrons. The van der Waals surface area contributed by atoms with Gasteiger partial charge in [0.25, 0.3) is 0 Å². The van der Waals surface area contributed by atoms with Crippen molar-refractivity contribution in [1.82, 2.24) is 9.29 Å². The number of piperazine rings is 1. The lowest BCUT2D eigenvalue weighted by molar-refractivity contribution is 0.370. The number of hydrogen-bond donors (Lipinski definition) is 0. The largest absolute Gasteiger partial charge is 0.497 e. The van der Waals surface area contributed by atoms with Crippen LogP contribution in [0, 0.1) is 11.3 Å². The average molecular weight is 388 g/mol. The second-order valence-corrected chi connectivity index (χ2v) is 7.80. The van der Waals surface area contributed by atoms with Crippen LogP contribution in [-0.4, -0.2) is 58.1 Å². The molecule has 1 saturated heterocycles. The van der Waals surface area contributed by atoms with Crippen molar-refractivity contribution in [2.45, 2.75) is 4.90 Å². The molecule has 1 fully saturated rings. The number of aromatic nitrogens is 1. The normalized spacial score (nSPS) is 15.2. The Morgan fingerprint density at radius 3 is 2.48 bits per heavy atom. The number of sulfonamides is 1. The number of anilines is 1. The molecule has 1 aliphatic heterocycles. The number of hydrogen-bond acceptors (Lipinski definition) is 7. The molecule has 0 bridgehead atoms. The van der Waals surface area contributed by atoms with Crippen LogP contribution in [0.25, 0.3) is 0 Å². The number of benzene rings is 1. The fourth-order valence-corrected chi connectivity index (χ4v) is 4.59. The van der Waals surface area contributed by atoms with E-state index in [0.29, 0.717) is 30.2 Å². The molecule has 2 heterocycles. The van der Waals surface area contributed by atoms with Gasteiger partial charge in [-0.3, -0.25) is 0 Å². The van der Waals surface area contributed by atoms with E-state index in [4.69, 9.17) is 9.47 Å². The first kappa shape index (κ1) is 18.9. The van der Waals surface area contributed by atoms with Gasteiger partial charge in [-0.2, -0.15) is 9.57 Å². The van der Waals surface area contributed by atoms with E-state index < -0.39 is 10.0 Å². The van der Waals surface area contributed by atoms with E-state index in [-0.39, 0.29) is 23.7 Å². The molecule has 1 aliphatic rings. The van der Waals surface area contributed by atoms with E-state index in [1.807, 2.05) is 4.90 Å². The van der Waals surface area contributed by atoms with Gasteiger partial charge in [-0.05, 0) is 24.3 Å². The van der Waals surface area contributed by atoms with Crippen molar-refractivity contribution in [3.05, 3.63) is 42.1 Å². The summed E-state index contributed by atoms with van der Waals surface area (Å²) in [6.45, 7) is 1.45. The van der Waals surface area contributed by atoms with Crippen LogP contribution in [0.2, 0.25) is 0 Å². The molecule has 0 aliphatic carbocycles. The van der Waals surface area contributed by atoms with Gasteiger partial charge in [0.15, 0.2) is 0 Å². The van der Waals surface area contributed by atoms with Crippen molar-refractivity contribution in [1.29, 1.82) is 5.26 Å². The summed E-state index contributed by atoms with van der Waals surface area (Å²) >= 11 is 0. The van der Waals surface area contributed by atoms with Gasteiger partial charge in [0, 0.05) is 38.4 Å². The molecular weight excluding hydrogens is 368 g/mol. The zero-order chi connectivity index (χ0) is 19.4. The lowest BCUT2D eigenvalue weighted by Crippen LogP contribution is -2.49. The zero-order valence-electron chi connectivity index (χ0n) is 15.1. The second-order valence-electron chi connectivity index (χ2n) is 5.89. The molecule has 0 atom stereocenters. The van der Waals surface area contributed by atoms with Crippen LogP contribution < -0.4 is 14.4 Å². The topological polar surface area (TPSA) is 95.8 Å². The number of rotatable bonds is 5. The molecule has 8 nitrogen and oxygen atoms in total. The zero-order valence-corrected chi connectivity index (χ0v) is 15.9. The Morgan fingerprint density at radius 1 is 1.11 bits per heavy atom. The Hall–Kier alpha value is -2.83. The van der Waals surface area contributed by atoms with Crippen molar-refractivity contribution in [3.8, 4) is 17.6 Å². The van der Waals surface area contributed by atoms with Crippen molar-refractivity contribution in [2.75, 3.05) is 45.3 Å². The molecule has 3 rings (SSSR count). The maximum atomic E-state index is 13.1. The Labute approximate surface area is 158 Å². The standard InChI is InChI=1S/C18H20N4O4S/c1-25-15-5-6-16(26-2)17(12-15)27(23,24)22-10-8-21(9-11-22)18-14(13-19)4-3-7-20-18/h3-7,12H,8-11H2,1-2H3. The maximum Gasteiger partial charge on any atom is 0.247 e. The van der Waals surface area contributed by atoms with Crippen LogP contribution in [0.1, 0.15) is 5.56 Å². The monoisotopic (exact) mass is 388 g/mol. The summed E-state index contributed by atoms with van der Waals surface area (Å²) in [5.41, 5.74) is 0.475. The molecule has 9 heteroatoms. The molecule has 0 saturated carbocycles. The lowest BCUT2D eigenvalue weighted by Gasteiger charge is -2.35. The van der Waals surface area contributed by atoms with Gasteiger partial charge >= 0.3 is 0 Å². The molecular formula is C18H20N4O4S. The van der Waals surface area contributed by atoms with Crippen molar-refractivity contribution in [3.63, 3.8) is 0 Å². The molecule has 0 radical (unpaired) electrons. The average Bonchev–Trinajstić information content (AvgIpc) is 2.73. The van der Waals surface area contributed by atoms with Gasteiger partial charge in [0.2, 0.25) is 10.0 Å². The first-order valence-electron chi connectivity index (χ1n) is 8.33. The van der Waals surface area contributed by atoms with Crippen molar-refractivity contribution in [2.24, 2.45) is 0 Å². The molecule has 2 aromatic rings. The highest BCUT2D eigenvalue weighted by molar-refractivity contribution is 7.89. The number of nitrogens with zero attached hydrogens (tertiary/aromatic N) is 4. The Bertz CT molecular complexity index is 964. The SMILES string of the molecule is COc1ccc(OC)c(S(=O)(=O)N2CCN(c3ncccc3C#N)CC2)c1. The van der Waals surface area contributed by atoms with Gasteiger partial charge in [0.05, 0.1) is 19.8 Å². The molecule has 1 aromatic heterocycles. The highest BCUT2D eigenvalue weighted by atomic mass is 32.2. The summed E-state index contributed by atoms with van der Waals surface area (Å²) in [5, 5.41) is 9.24. The van der Waals surface area contributed by atoms with E-state index >= 15 is 0 Å². The summed E-state index contributed by atoms with van der Waals surface area (Å²) in [6.07, 6.45) is 1.63. The third kappa shape index (κ3) is 3.67. The number of pyridine rings is 1. The van der Waals surface area contributed by atoms with Gasteiger partial charge < -0.3 is 14.4 Å². The van der Waals surface area contributed by atoms with E-state index in [2.05, 4.69) is 11.1 Å². The van der Waals surface area contributed by atoms with Gasteiger partial charge in [-0.25, -0.2) is 13.4 Å². The van der Waals surface area contributed by atoms with E-state index in [1.165, 1.54) is 24.6 Å². The second kappa shape index (κ2) is 7.82. The molecule has 0 spiro atoms. The van der Waals surface area contributed by atoms with Crippen molar-refractivity contribution >= 4 is 15.8 Å². The maximum absolute atomic E-state index is 13.1. The summed E-state index contributed by atoms with van der Waals surface area (Å²) in [4.78, 5) is 6.27. The number of methoxy groups -OCH3 is 2. The minimum atomic E-state index is -3.74. The van der Waals surface area contributed by atoms with E-state index in [0.717, 1.165) is 0 Å². The van der Waals surface area contributed by atoms with Gasteiger partial charge in [-0.1, -0.05) is 0 Å². The predicted octanol–water partition coefficient (Wildman–Crippen LogP) is 1.48. The minimum absolute atomic E-state index is 0.0772. The van der Waals surface area contributed by atoms with Crippen LogP contribution in [0.5, 0.6) is 11.5 Å². The van der Waals surface area contributed by atoms with E-state index in [1.54, 1.807) is 30.5 Å². The molecule has 27 heavy (non-hydrogen) atoms. The number of ether oxygens (including phenoxy) is 2. The quantitative estimate of drug-likeness (QED) is 0.765. The third-order valence-electron chi connectivity index (χ3n) is 4.43. The Balaban J connectivity index is 1.82. The van der Waals surface area contributed by atoms with Crippen LogP contribution in [0.4, 0.5) is 5.82 Å².